The number of halogens is 2. The highest BCUT2D eigenvalue weighted by molar-refractivity contribution is 5.97. The summed E-state index contributed by atoms with van der Waals surface area (Å²) < 4.78 is 43.9. The molecule has 0 spiro atoms. The summed E-state index contributed by atoms with van der Waals surface area (Å²) in [6, 6.07) is 24.4. The Bertz CT molecular complexity index is 2790. The Morgan fingerprint density at radius 2 is 1.69 bits per heavy atom. The number of ketones is 1. The fourth-order valence-electron chi connectivity index (χ4n) is 11.1. The largest absolute Gasteiger partial charge is 0.454 e. The van der Waals surface area contributed by atoms with Crippen molar-refractivity contribution in [2.24, 2.45) is 34.1 Å². The molecule has 4 heterocycles. The third-order valence-corrected chi connectivity index (χ3v) is 15.6. The van der Waals surface area contributed by atoms with Gasteiger partial charge in [-0.2, -0.15) is 0 Å². The number of hydrogen-bond acceptors (Lipinski definition) is 9. The van der Waals surface area contributed by atoms with Crippen LogP contribution < -0.4 is 30.9 Å². The van der Waals surface area contributed by atoms with Crippen LogP contribution in [0.15, 0.2) is 99.1 Å². The molecule has 3 aliphatic heterocycles. The smallest absolute Gasteiger partial charge is 0.251 e. The van der Waals surface area contributed by atoms with Gasteiger partial charge in [0.2, 0.25) is 6.79 Å². The third kappa shape index (κ3) is 11.2. The van der Waals surface area contributed by atoms with Gasteiger partial charge in [-0.05, 0) is 159 Å². The average Bonchev–Trinajstić information content (AvgIpc) is 3.81. The molecule has 5 atom stereocenters. The number of ether oxygens (including phenoxy) is 2. The molecule has 4 aromatic carbocycles. The summed E-state index contributed by atoms with van der Waals surface area (Å²) in [5, 5.41) is 10.3. The molecule has 0 radical (unpaired) electrons. The molecule has 370 valence electrons. The second-order valence-electron chi connectivity index (χ2n) is 20.7. The highest BCUT2D eigenvalue weighted by Crippen LogP contribution is 2.61. The van der Waals surface area contributed by atoms with E-state index >= 15 is 0 Å². The van der Waals surface area contributed by atoms with E-state index in [1.807, 2.05) is 55.5 Å². The second-order valence-corrected chi connectivity index (χ2v) is 20.7. The van der Waals surface area contributed by atoms with Crippen molar-refractivity contribution in [2.75, 3.05) is 51.4 Å². The normalized spacial score (nSPS) is 23.0. The van der Waals surface area contributed by atoms with Crippen LogP contribution in [0, 0.1) is 47.6 Å². The van der Waals surface area contributed by atoms with Gasteiger partial charge in [-0.15, -0.1) is 0 Å². The number of aryl methyl sites for hydroxylation is 1. The molecule has 1 unspecified atom stereocenters. The molecule has 3 aliphatic carbocycles. The zero-order chi connectivity index (χ0) is 49.1. The monoisotopic (exact) mass is 957 g/mol. The van der Waals surface area contributed by atoms with Gasteiger partial charge in [0.1, 0.15) is 17.2 Å². The number of piperidine rings is 1. The van der Waals surface area contributed by atoms with E-state index in [0.29, 0.717) is 53.9 Å². The van der Waals surface area contributed by atoms with E-state index in [1.54, 1.807) is 6.07 Å². The lowest BCUT2D eigenvalue weighted by atomic mass is 9.45. The number of nitrogens with one attached hydrogen (secondary N) is 3. The summed E-state index contributed by atoms with van der Waals surface area (Å²) in [5.41, 5.74) is 4.40. The Hall–Kier alpha value is -6.12. The second kappa shape index (κ2) is 21.1. The zero-order valence-electron chi connectivity index (χ0n) is 41.0. The molecule has 3 saturated carbocycles. The molecule has 70 heavy (non-hydrogen) atoms. The number of benzene rings is 4. The molecular formula is C56H66F2N6O6. The summed E-state index contributed by atoms with van der Waals surface area (Å²) in [5.74, 6) is 3.73. The van der Waals surface area contributed by atoms with Gasteiger partial charge < -0.3 is 34.7 Å². The van der Waals surface area contributed by atoms with Crippen molar-refractivity contribution < 1.29 is 32.3 Å². The fraction of sp³-hybridized carbons (Fsp3) is 0.464. The predicted molar refractivity (Wildman–Crippen MR) is 269 cm³/mol. The standard InChI is InChI=1S/C32H44FN5O.C24H22FNO5/c1-20-6-7-23(28(33)16-20)12-13-35-30(39)24-8-10-26(11-9-24)36-31(38-15-14-34-21(2)19-38)37-29-18-25-17-27(22(29)3)32(25,4)5;25-17-2-3-18-19(27)12-23(31-22(18)11-17)20(28)9-15-5-7-26(8-6-15)13-16-1-4-21-24(10-16)30-14-29-21/h6-11,16,21-22,25,27,29,34H,12-15,17-19H2,1-5H3,(H,35,39)(H,36,37);1-4,10-12,15H,5-9,13-14H2/t21-,22-,25+,27-,29?;/m0./s1. The lowest BCUT2D eigenvalue weighted by Gasteiger charge is -2.61. The maximum absolute atomic E-state index is 14.1. The Kier molecular flexibility index (Phi) is 14.7. The van der Waals surface area contributed by atoms with Gasteiger partial charge in [-0.3, -0.25) is 19.3 Å². The molecular weight excluding hydrogens is 891 g/mol. The van der Waals surface area contributed by atoms with Crippen LogP contribution in [0.1, 0.15) is 97.4 Å². The van der Waals surface area contributed by atoms with Crippen LogP contribution in [-0.2, 0) is 13.0 Å². The highest BCUT2D eigenvalue weighted by atomic mass is 19.1. The Labute approximate surface area is 409 Å². The summed E-state index contributed by atoms with van der Waals surface area (Å²) in [4.78, 5) is 47.7. The SMILES string of the molecule is Cc1ccc(CCNC(=O)c2ccc(NC(=NC3C[C@H]4C[C@@H]([C@@H]3C)C4(C)C)N3CCN[C@@H](C)C3)cc2)c(F)c1.O=C(CC1CCN(Cc2ccc3c(c2)OCO3)CC1)c1cc(=O)c2ccc(F)cc2o1. The first-order valence-corrected chi connectivity index (χ1v) is 25.0. The number of guanidine groups is 1. The van der Waals surface area contributed by atoms with Crippen molar-refractivity contribution in [3.63, 3.8) is 0 Å². The summed E-state index contributed by atoms with van der Waals surface area (Å²) in [6.45, 7) is 17.3. The number of fused-ring (bicyclic) bond motifs is 4. The summed E-state index contributed by atoms with van der Waals surface area (Å²) in [7, 11) is 0. The lowest BCUT2D eigenvalue weighted by molar-refractivity contribution is -0.108. The van der Waals surface area contributed by atoms with Crippen LogP contribution in [0.2, 0.25) is 0 Å². The number of hydrogen-bond donors (Lipinski definition) is 3. The molecule has 1 aromatic heterocycles. The Morgan fingerprint density at radius 3 is 2.43 bits per heavy atom. The van der Waals surface area contributed by atoms with Gasteiger partial charge in [0, 0.05) is 68.6 Å². The maximum Gasteiger partial charge on any atom is 0.251 e. The van der Waals surface area contributed by atoms with E-state index in [2.05, 4.69) is 53.4 Å². The van der Waals surface area contributed by atoms with Crippen molar-refractivity contribution in [1.82, 2.24) is 20.4 Å². The number of piperazine rings is 1. The topological polar surface area (TPSA) is 138 Å². The molecule has 5 aromatic rings. The van der Waals surface area contributed by atoms with E-state index < -0.39 is 5.82 Å². The highest BCUT2D eigenvalue weighted by Gasteiger charge is 2.56. The maximum atomic E-state index is 14.1. The number of rotatable bonds is 11. The van der Waals surface area contributed by atoms with Crippen molar-refractivity contribution in [2.45, 2.75) is 91.8 Å². The van der Waals surface area contributed by atoms with E-state index in [4.69, 9.17) is 18.9 Å². The molecule has 2 bridgehead atoms. The number of anilines is 1. The lowest BCUT2D eigenvalue weighted by Crippen LogP contribution is -2.57. The average molecular weight is 957 g/mol. The van der Waals surface area contributed by atoms with Crippen molar-refractivity contribution in [3.8, 4) is 11.5 Å². The van der Waals surface area contributed by atoms with E-state index in [1.165, 1.54) is 36.2 Å². The minimum Gasteiger partial charge on any atom is -0.454 e. The third-order valence-electron chi connectivity index (χ3n) is 15.6. The van der Waals surface area contributed by atoms with Crippen LogP contribution in [0.25, 0.3) is 11.0 Å². The summed E-state index contributed by atoms with van der Waals surface area (Å²) in [6.07, 6.45) is 5.06. The van der Waals surface area contributed by atoms with Crippen LogP contribution in [0.3, 0.4) is 0 Å². The Morgan fingerprint density at radius 1 is 0.900 bits per heavy atom. The molecule has 3 N–H and O–H groups in total. The molecule has 2 saturated heterocycles. The Balaban J connectivity index is 0.000000178. The fourth-order valence-corrected chi connectivity index (χ4v) is 11.1. The van der Waals surface area contributed by atoms with Gasteiger partial charge in [0.25, 0.3) is 5.91 Å². The van der Waals surface area contributed by atoms with Gasteiger partial charge in [0.15, 0.2) is 34.4 Å². The first kappa shape index (κ1) is 48.9. The van der Waals surface area contributed by atoms with E-state index in [0.717, 1.165) is 105 Å². The van der Waals surface area contributed by atoms with Gasteiger partial charge in [-0.25, -0.2) is 13.8 Å². The van der Waals surface area contributed by atoms with Crippen molar-refractivity contribution >= 4 is 34.3 Å². The number of carbonyl (C=O) groups is 2. The van der Waals surface area contributed by atoms with Gasteiger partial charge in [0.05, 0.1) is 11.4 Å². The molecule has 11 rings (SSSR count). The molecule has 1 amide bonds. The minimum atomic E-state index is -0.505. The van der Waals surface area contributed by atoms with Crippen molar-refractivity contribution in [3.05, 3.63) is 135 Å². The van der Waals surface area contributed by atoms with Crippen LogP contribution in [-0.4, -0.2) is 85.6 Å². The predicted octanol–water partition coefficient (Wildman–Crippen LogP) is 9.38. The number of Topliss-reactive ketones (excluding diaryl/α,β-unsaturated/α-hetero) is 1. The van der Waals surface area contributed by atoms with E-state index in [-0.39, 0.29) is 52.4 Å². The number of aliphatic imine (C=N–C) groups is 1. The molecule has 14 heteroatoms. The quantitative estimate of drug-likeness (QED) is 0.0668. The zero-order valence-corrected chi connectivity index (χ0v) is 41.0. The molecule has 12 nitrogen and oxygen atoms in total. The van der Waals surface area contributed by atoms with Crippen LogP contribution >= 0.6 is 0 Å². The molecule has 5 fully saturated rings. The molecule has 6 aliphatic rings. The van der Waals surface area contributed by atoms with Crippen molar-refractivity contribution in [1.29, 1.82) is 0 Å². The van der Waals surface area contributed by atoms with Crippen LogP contribution in [0.5, 0.6) is 11.5 Å². The summed E-state index contributed by atoms with van der Waals surface area (Å²) >= 11 is 0. The number of likely N-dealkylation sites (tertiary alicyclic amines) is 1. The van der Waals surface area contributed by atoms with E-state index in [9.17, 15) is 23.2 Å². The number of amides is 1. The minimum absolute atomic E-state index is 0.00545. The van der Waals surface area contributed by atoms with Gasteiger partial charge in [-0.1, -0.05) is 39.0 Å². The van der Waals surface area contributed by atoms with Crippen LogP contribution in [0.4, 0.5) is 14.5 Å². The number of carbonyl (C=O) groups excluding carboxylic acids is 2. The number of nitrogens with zero attached hydrogens (tertiary/aromatic N) is 3. The first-order valence-electron chi connectivity index (χ1n) is 25.0. The first-order chi connectivity index (χ1) is 33.7. The van der Waals surface area contributed by atoms with Gasteiger partial charge >= 0.3 is 0 Å².